The molecule has 1 amide bonds. The Morgan fingerprint density at radius 1 is 1.15 bits per heavy atom. The monoisotopic (exact) mass is 470 g/mol. The van der Waals surface area contributed by atoms with Gasteiger partial charge in [-0.1, -0.05) is 23.9 Å². The minimum absolute atomic E-state index is 0.0578. The van der Waals surface area contributed by atoms with E-state index >= 15 is 0 Å². The van der Waals surface area contributed by atoms with Crippen LogP contribution in [0.25, 0.3) is 22.6 Å². The lowest BCUT2D eigenvalue weighted by Gasteiger charge is -2.07. The van der Waals surface area contributed by atoms with E-state index in [0.29, 0.717) is 22.4 Å². The summed E-state index contributed by atoms with van der Waals surface area (Å²) in [5.41, 5.74) is 2.12. The average Bonchev–Trinajstić information content (AvgIpc) is 3.36. The SMILES string of the molecule is COc1cccc(-c2nn(C)cc2-c2nnc(SCC(=O)Nc3cc(F)ccc3F)n2C)c1. The van der Waals surface area contributed by atoms with E-state index in [1.807, 2.05) is 37.5 Å². The number of nitrogens with one attached hydrogen (secondary N) is 1. The third-order valence-corrected chi connectivity index (χ3v) is 5.80. The highest BCUT2D eigenvalue weighted by Gasteiger charge is 2.20. The fourth-order valence-electron chi connectivity index (χ4n) is 3.22. The molecular formula is C22H20F2N6O2S. The third kappa shape index (κ3) is 4.87. The maximum atomic E-state index is 13.7. The molecule has 0 bridgehead atoms. The Labute approximate surface area is 192 Å². The molecule has 8 nitrogen and oxygen atoms in total. The van der Waals surface area contributed by atoms with Crippen molar-refractivity contribution in [2.75, 3.05) is 18.2 Å². The average molecular weight is 471 g/mol. The summed E-state index contributed by atoms with van der Waals surface area (Å²) in [6.07, 6.45) is 1.84. The molecule has 1 N–H and O–H groups in total. The fraction of sp³-hybridized carbons (Fsp3) is 0.182. The number of hydrogen-bond acceptors (Lipinski definition) is 6. The Balaban J connectivity index is 1.53. The number of aromatic nitrogens is 5. The van der Waals surface area contributed by atoms with Gasteiger partial charge in [0.1, 0.15) is 23.1 Å². The summed E-state index contributed by atoms with van der Waals surface area (Å²) >= 11 is 1.13. The van der Waals surface area contributed by atoms with Gasteiger partial charge in [-0.05, 0) is 24.3 Å². The molecule has 0 saturated heterocycles. The quantitative estimate of drug-likeness (QED) is 0.412. The first kappa shape index (κ1) is 22.5. The zero-order valence-corrected chi connectivity index (χ0v) is 18.9. The van der Waals surface area contributed by atoms with Crippen molar-refractivity contribution in [3.63, 3.8) is 0 Å². The van der Waals surface area contributed by atoms with Crippen LogP contribution in [0.3, 0.4) is 0 Å². The number of benzene rings is 2. The van der Waals surface area contributed by atoms with Crippen LogP contribution < -0.4 is 10.1 Å². The number of ether oxygens (including phenoxy) is 1. The Kier molecular flexibility index (Phi) is 6.40. The smallest absolute Gasteiger partial charge is 0.234 e. The number of anilines is 1. The topological polar surface area (TPSA) is 86.9 Å². The van der Waals surface area contributed by atoms with Crippen molar-refractivity contribution < 1.29 is 18.3 Å². The van der Waals surface area contributed by atoms with Gasteiger partial charge in [-0.15, -0.1) is 10.2 Å². The van der Waals surface area contributed by atoms with Crippen LogP contribution >= 0.6 is 11.8 Å². The number of carbonyl (C=O) groups is 1. The lowest BCUT2D eigenvalue weighted by molar-refractivity contribution is -0.113. The number of halogens is 2. The molecule has 0 spiro atoms. The lowest BCUT2D eigenvalue weighted by atomic mass is 10.1. The van der Waals surface area contributed by atoms with Gasteiger partial charge in [0.2, 0.25) is 5.91 Å². The van der Waals surface area contributed by atoms with Gasteiger partial charge in [-0.25, -0.2) is 8.78 Å². The molecule has 0 aliphatic heterocycles. The predicted molar refractivity (Wildman–Crippen MR) is 121 cm³/mol. The molecule has 0 atom stereocenters. The van der Waals surface area contributed by atoms with Gasteiger partial charge < -0.3 is 14.6 Å². The van der Waals surface area contributed by atoms with Gasteiger partial charge in [0.05, 0.1) is 24.1 Å². The largest absolute Gasteiger partial charge is 0.497 e. The molecule has 0 aliphatic rings. The van der Waals surface area contributed by atoms with Crippen LogP contribution in [0.4, 0.5) is 14.5 Å². The number of thioether (sulfide) groups is 1. The van der Waals surface area contributed by atoms with Gasteiger partial charge in [-0.2, -0.15) is 5.10 Å². The van der Waals surface area contributed by atoms with E-state index < -0.39 is 17.5 Å². The Morgan fingerprint density at radius 2 is 1.97 bits per heavy atom. The first-order valence-electron chi connectivity index (χ1n) is 9.81. The van der Waals surface area contributed by atoms with Crippen molar-refractivity contribution in [1.29, 1.82) is 0 Å². The third-order valence-electron chi connectivity index (χ3n) is 4.78. The first-order chi connectivity index (χ1) is 15.9. The van der Waals surface area contributed by atoms with Crippen LogP contribution in [0.2, 0.25) is 0 Å². The summed E-state index contributed by atoms with van der Waals surface area (Å²) in [5.74, 6) is -0.623. The second-order valence-corrected chi connectivity index (χ2v) is 8.07. The molecule has 11 heteroatoms. The zero-order valence-electron chi connectivity index (χ0n) is 18.0. The van der Waals surface area contributed by atoms with Crippen LogP contribution in [0, 0.1) is 11.6 Å². The molecule has 33 heavy (non-hydrogen) atoms. The second kappa shape index (κ2) is 9.41. The van der Waals surface area contributed by atoms with Crippen LogP contribution in [0.1, 0.15) is 0 Å². The van der Waals surface area contributed by atoms with Gasteiger partial charge >= 0.3 is 0 Å². The Bertz CT molecular complexity index is 1320. The summed E-state index contributed by atoms with van der Waals surface area (Å²) in [7, 11) is 5.20. The van der Waals surface area contributed by atoms with Gasteiger partial charge in [0.25, 0.3) is 0 Å². The molecule has 2 aromatic heterocycles. The van der Waals surface area contributed by atoms with E-state index in [1.165, 1.54) is 0 Å². The summed E-state index contributed by atoms with van der Waals surface area (Å²) in [6.45, 7) is 0. The normalized spacial score (nSPS) is 10.9. The van der Waals surface area contributed by atoms with Crippen molar-refractivity contribution >= 4 is 23.4 Å². The predicted octanol–water partition coefficient (Wildman–Crippen LogP) is 3.90. The maximum Gasteiger partial charge on any atom is 0.234 e. The molecule has 0 radical (unpaired) electrons. The van der Waals surface area contributed by atoms with E-state index in [4.69, 9.17) is 4.74 Å². The van der Waals surface area contributed by atoms with Crippen LogP contribution in [-0.4, -0.2) is 43.3 Å². The number of rotatable bonds is 7. The maximum absolute atomic E-state index is 13.7. The second-order valence-electron chi connectivity index (χ2n) is 7.12. The van der Waals surface area contributed by atoms with Crippen molar-refractivity contribution in [2.45, 2.75) is 5.16 Å². The summed E-state index contributed by atoms with van der Waals surface area (Å²) in [4.78, 5) is 12.2. The van der Waals surface area contributed by atoms with E-state index in [2.05, 4.69) is 20.6 Å². The van der Waals surface area contributed by atoms with Crippen LogP contribution in [0.5, 0.6) is 5.75 Å². The standard InChI is InChI=1S/C22H20F2N6O2S/c1-29-11-16(20(28-29)13-5-4-6-15(9-13)32-3)21-26-27-22(30(21)2)33-12-19(31)25-18-10-14(23)7-8-17(18)24/h4-11H,12H2,1-3H3,(H,25,31). The van der Waals surface area contributed by atoms with E-state index in [9.17, 15) is 13.6 Å². The fourth-order valence-corrected chi connectivity index (χ4v) is 3.93. The van der Waals surface area contributed by atoms with Crippen molar-refractivity contribution in [1.82, 2.24) is 24.5 Å². The van der Waals surface area contributed by atoms with E-state index in [1.54, 1.807) is 23.4 Å². The summed E-state index contributed by atoms with van der Waals surface area (Å²) in [6, 6.07) is 10.4. The summed E-state index contributed by atoms with van der Waals surface area (Å²) < 4.78 is 35.8. The number of amides is 1. The Hall–Kier alpha value is -3.73. The molecule has 0 aliphatic carbocycles. The van der Waals surface area contributed by atoms with Crippen molar-refractivity contribution in [2.24, 2.45) is 14.1 Å². The molecular weight excluding hydrogens is 450 g/mol. The highest BCUT2D eigenvalue weighted by atomic mass is 32.2. The molecule has 4 aromatic rings. The van der Waals surface area contributed by atoms with E-state index in [0.717, 1.165) is 41.1 Å². The van der Waals surface area contributed by atoms with Crippen LogP contribution in [-0.2, 0) is 18.9 Å². The van der Waals surface area contributed by atoms with E-state index in [-0.39, 0.29) is 11.4 Å². The minimum Gasteiger partial charge on any atom is -0.497 e. The van der Waals surface area contributed by atoms with Gasteiger partial charge in [-0.3, -0.25) is 9.48 Å². The first-order valence-corrected chi connectivity index (χ1v) is 10.8. The molecule has 2 aromatic carbocycles. The number of carbonyl (C=O) groups excluding carboxylic acids is 1. The number of methoxy groups -OCH3 is 1. The molecule has 0 saturated carbocycles. The molecule has 0 unspecified atom stereocenters. The highest BCUT2D eigenvalue weighted by molar-refractivity contribution is 7.99. The van der Waals surface area contributed by atoms with Crippen molar-refractivity contribution in [3.05, 3.63) is 60.3 Å². The van der Waals surface area contributed by atoms with Gasteiger partial charge in [0, 0.05) is 31.9 Å². The minimum atomic E-state index is -0.711. The molecule has 170 valence electrons. The molecule has 2 heterocycles. The summed E-state index contributed by atoms with van der Waals surface area (Å²) in [5, 5.41) is 15.9. The molecule has 4 rings (SSSR count). The number of aryl methyl sites for hydroxylation is 1. The van der Waals surface area contributed by atoms with Gasteiger partial charge in [0.15, 0.2) is 11.0 Å². The Morgan fingerprint density at radius 3 is 2.76 bits per heavy atom. The van der Waals surface area contributed by atoms with Crippen LogP contribution in [0.15, 0.2) is 53.8 Å². The number of nitrogens with zero attached hydrogens (tertiary/aromatic N) is 5. The molecule has 0 fully saturated rings. The lowest BCUT2D eigenvalue weighted by Crippen LogP contribution is -2.15. The number of hydrogen-bond donors (Lipinski definition) is 1. The van der Waals surface area contributed by atoms with Crippen molar-refractivity contribution in [3.8, 4) is 28.4 Å². The highest BCUT2D eigenvalue weighted by Crippen LogP contribution is 2.32. The zero-order chi connectivity index (χ0) is 23.5.